The van der Waals surface area contributed by atoms with Crippen LogP contribution in [-0.4, -0.2) is 61.5 Å². The first-order chi connectivity index (χ1) is 28.9. The van der Waals surface area contributed by atoms with E-state index in [1.807, 2.05) is 89.3 Å². The molecule has 0 fully saturated rings. The minimum atomic E-state index is -0.367. The Morgan fingerprint density at radius 3 is 2.32 bits per heavy atom. The van der Waals surface area contributed by atoms with Crippen molar-refractivity contribution >= 4 is 23.4 Å². The van der Waals surface area contributed by atoms with Crippen LogP contribution in [0, 0.1) is 25.2 Å². The summed E-state index contributed by atoms with van der Waals surface area (Å²) in [6.07, 6.45) is 1.51. The molecule has 1 atom stereocenters. The number of carbonyl (C=O) groups excluding carboxylic acids is 3. The van der Waals surface area contributed by atoms with Crippen molar-refractivity contribution < 1.29 is 24.2 Å². The standard InChI is InChI=1S/C49H48N6O5/c1-29-20-33-11-7-8-12-35(33)28-55(29)49(59)43-24-36-27-54(44(57)22-32-10-9-13-40(21-32)60-6)19-18-34(36)23-42(43)47-46(41-25-38(26-50)52(4)30(41)2)45(31(3)53(47)5)48(58)51-37-14-16-39(56)17-15-37/h7-17,21,23-25,29,56H,18-20,22,27-28H2,1-6H3,(H,51,58)/t29-/m1/s1. The third-order valence-electron chi connectivity index (χ3n) is 12.4. The summed E-state index contributed by atoms with van der Waals surface area (Å²) in [5.41, 5.74) is 11.0. The molecule has 0 saturated carbocycles. The van der Waals surface area contributed by atoms with Gasteiger partial charge < -0.3 is 34.1 Å². The first-order valence-corrected chi connectivity index (χ1v) is 20.2. The maximum Gasteiger partial charge on any atom is 0.258 e. The Hall–Kier alpha value is -7.06. The van der Waals surface area contributed by atoms with Crippen molar-refractivity contribution in [1.29, 1.82) is 5.26 Å². The Bertz CT molecular complexity index is 2740. The summed E-state index contributed by atoms with van der Waals surface area (Å²) in [5.74, 6) is 0.257. The summed E-state index contributed by atoms with van der Waals surface area (Å²) in [5, 5.41) is 23.1. The number of phenols is 1. The smallest absolute Gasteiger partial charge is 0.258 e. The molecule has 0 aliphatic carbocycles. The van der Waals surface area contributed by atoms with E-state index >= 15 is 4.79 Å². The van der Waals surface area contributed by atoms with Gasteiger partial charge in [-0.3, -0.25) is 14.4 Å². The lowest BCUT2D eigenvalue weighted by Gasteiger charge is -2.36. The largest absolute Gasteiger partial charge is 0.508 e. The molecule has 2 aliphatic heterocycles. The fourth-order valence-electron chi connectivity index (χ4n) is 8.83. The molecular formula is C49H48N6O5. The molecule has 0 radical (unpaired) electrons. The van der Waals surface area contributed by atoms with Crippen LogP contribution in [0.3, 0.4) is 0 Å². The number of ether oxygens (including phenoxy) is 1. The second-order valence-electron chi connectivity index (χ2n) is 16.0. The van der Waals surface area contributed by atoms with Crippen LogP contribution in [0.5, 0.6) is 11.5 Å². The van der Waals surface area contributed by atoms with Gasteiger partial charge in [-0.25, -0.2) is 0 Å². The van der Waals surface area contributed by atoms with Crippen LogP contribution >= 0.6 is 0 Å². The van der Waals surface area contributed by atoms with E-state index in [-0.39, 0.29) is 35.9 Å². The van der Waals surface area contributed by atoms with Crippen molar-refractivity contribution in [3.05, 3.63) is 147 Å². The Morgan fingerprint density at radius 1 is 0.850 bits per heavy atom. The minimum Gasteiger partial charge on any atom is -0.508 e. The van der Waals surface area contributed by atoms with E-state index in [4.69, 9.17) is 4.74 Å². The number of phenolic OH excluding ortho intramolecular Hbond substituents is 1. The van der Waals surface area contributed by atoms with Gasteiger partial charge in [-0.15, -0.1) is 0 Å². The molecule has 6 aromatic rings. The first kappa shape index (κ1) is 39.8. The number of anilines is 1. The van der Waals surface area contributed by atoms with Gasteiger partial charge in [0.25, 0.3) is 11.8 Å². The Morgan fingerprint density at radius 2 is 1.60 bits per heavy atom. The molecule has 0 bridgehead atoms. The van der Waals surface area contributed by atoms with Crippen LogP contribution < -0.4 is 10.1 Å². The summed E-state index contributed by atoms with van der Waals surface area (Å²) < 4.78 is 9.18. The number of hydrogen-bond acceptors (Lipinski definition) is 6. The van der Waals surface area contributed by atoms with E-state index < -0.39 is 0 Å². The minimum absolute atomic E-state index is 0.00964. The van der Waals surface area contributed by atoms with E-state index in [1.54, 1.807) is 25.3 Å². The SMILES string of the molecule is COc1cccc(CC(=O)N2CCc3cc(-c4c(-c5cc(C#N)n(C)c5C)c(C(=O)Nc5ccc(O)cc5)c(C)n4C)c(C(=O)N4Cc5ccccc5C[C@H]4C)cc3C2)c1. The summed E-state index contributed by atoms with van der Waals surface area (Å²) in [6, 6.07) is 30.1. The Kier molecular flexibility index (Phi) is 10.6. The van der Waals surface area contributed by atoms with Crippen molar-refractivity contribution in [3.63, 3.8) is 0 Å². The van der Waals surface area contributed by atoms with Gasteiger partial charge in [0.05, 0.1) is 24.8 Å². The quantitative estimate of drug-likeness (QED) is 0.151. The van der Waals surface area contributed by atoms with Crippen molar-refractivity contribution in [2.75, 3.05) is 19.0 Å². The zero-order chi connectivity index (χ0) is 42.4. The Labute approximate surface area is 350 Å². The number of carbonyl (C=O) groups is 3. The van der Waals surface area contributed by atoms with Crippen LogP contribution in [0.4, 0.5) is 5.69 Å². The topological polar surface area (TPSA) is 133 Å². The van der Waals surface area contributed by atoms with E-state index in [0.29, 0.717) is 88.8 Å². The summed E-state index contributed by atoms with van der Waals surface area (Å²) in [6.45, 7) is 7.18. The lowest BCUT2D eigenvalue weighted by Crippen LogP contribution is -2.43. The molecule has 2 N–H and O–H groups in total. The van der Waals surface area contributed by atoms with Crippen LogP contribution in [0.2, 0.25) is 0 Å². The number of nitrogens with zero attached hydrogens (tertiary/aromatic N) is 5. The predicted molar refractivity (Wildman–Crippen MR) is 231 cm³/mol. The van der Waals surface area contributed by atoms with Crippen LogP contribution in [0.15, 0.2) is 91.0 Å². The molecule has 3 amide bonds. The number of aromatic nitrogens is 2. The second-order valence-corrected chi connectivity index (χ2v) is 16.0. The van der Waals surface area contributed by atoms with Gasteiger partial charge in [0, 0.05) is 79.1 Å². The van der Waals surface area contributed by atoms with Gasteiger partial charge in [0.2, 0.25) is 5.91 Å². The van der Waals surface area contributed by atoms with Crippen molar-refractivity contribution in [1.82, 2.24) is 18.9 Å². The molecule has 60 heavy (non-hydrogen) atoms. The van der Waals surface area contributed by atoms with Crippen LogP contribution in [0.25, 0.3) is 22.4 Å². The van der Waals surface area contributed by atoms with Crippen LogP contribution in [0.1, 0.15) is 72.5 Å². The Balaban J connectivity index is 1.29. The second kappa shape index (κ2) is 15.9. The molecule has 4 aromatic carbocycles. The van der Waals surface area contributed by atoms with E-state index in [0.717, 1.165) is 27.9 Å². The third-order valence-corrected chi connectivity index (χ3v) is 12.4. The highest BCUT2D eigenvalue weighted by Gasteiger charge is 2.35. The molecule has 304 valence electrons. The van der Waals surface area contributed by atoms with Crippen molar-refractivity contribution in [3.8, 4) is 40.0 Å². The van der Waals surface area contributed by atoms with Crippen molar-refractivity contribution in [2.24, 2.45) is 14.1 Å². The van der Waals surface area contributed by atoms with Gasteiger partial charge in [-0.1, -0.05) is 36.4 Å². The molecule has 4 heterocycles. The molecule has 0 unspecified atom stereocenters. The first-order valence-electron chi connectivity index (χ1n) is 20.2. The molecule has 8 rings (SSSR count). The van der Waals surface area contributed by atoms with E-state index in [2.05, 4.69) is 36.5 Å². The molecule has 11 nitrogen and oxygen atoms in total. The zero-order valence-electron chi connectivity index (χ0n) is 34.8. The van der Waals surface area contributed by atoms with Gasteiger partial charge in [0.1, 0.15) is 23.3 Å². The summed E-state index contributed by atoms with van der Waals surface area (Å²) in [7, 11) is 5.34. The molecule has 11 heteroatoms. The highest BCUT2D eigenvalue weighted by Crippen LogP contribution is 2.44. The van der Waals surface area contributed by atoms with Gasteiger partial charge in [0.15, 0.2) is 0 Å². The van der Waals surface area contributed by atoms with Gasteiger partial charge >= 0.3 is 0 Å². The molecule has 2 aliphatic rings. The number of hydrogen-bond donors (Lipinski definition) is 2. The fraction of sp³-hybridized carbons (Fsp3) is 0.265. The number of aromatic hydroxyl groups is 1. The maximum absolute atomic E-state index is 15.3. The van der Waals surface area contributed by atoms with E-state index in [9.17, 15) is 20.0 Å². The number of rotatable bonds is 8. The lowest BCUT2D eigenvalue weighted by atomic mass is 9.87. The fourth-order valence-corrected chi connectivity index (χ4v) is 8.83. The predicted octanol–water partition coefficient (Wildman–Crippen LogP) is 7.87. The number of fused-ring (bicyclic) bond motifs is 2. The number of methoxy groups -OCH3 is 1. The lowest BCUT2D eigenvalue weighted by molar-refractivity contribution is -0.131. The summed E-state index contributed by atoms with van der Waals surface area (Å²) in [4.78, 5) is 47.4. The maximum atomic E-state index is 15.3. The highest BCUT2D eigenvalue weighted by molar-refractivity contribution is 6.14. The summed E-state index contributed by atoms with van der Waals surface area (Å²) >= 11 is 0. The monoisotopic (exact) mass is 800 g/mol. The van der Waals surface area contributed by atoms with Gasteiger partial charge in [-0.2, -0.15) is 5.26 Å². The number of amides is 3. The zero-order valence-corrected chi connectivity index (χ0v) is 34.8. The average Bonchev–Trinajstić information content (AvgIpc) is 3.69. The molecule has 0 saturated heterocycles. The molecule has 2 aromatic heterocycles. The number of benzene rings is 4. The van der Waals surface area contributed by atoms with Crippen LogP contribution in [-0.2, 0) is 51.2 Å². The van der Waals surface area contributed by atoms with E-state index in [1.165, 1.54) is 17.7 Å². The van der Waals surface area contributed by atoms with Crippen molar-refractivity contribution in [2.45, 2.75) is 59.2 Å². The highest BCUT2D eigenvalue weighted by atomic mass is 16.5. The van der Waals surface area contributed by atoms with Gasteiger partial charge in [-0.05, 0) is 116 Å². The molecule has 0 spiro atoms. The average molecular weight is 801 g/mol. The third kappa shape index (κ3) is 7.19. The molecular weight excluding hydrogens is 753 g/mol. The number of nitriles is 1. The number of nitrogens with one attached hydrogen (secondary N) is 1. The normalized spacial score (nSPS) is 14.6.